The minimum atomic E-state index is -0.480. The number of ether oxygens (including phenoxy) is 1. The van der Waals surface area contributed by atoms with Crippen molar-refractivity contribution in [3.05, 3.63) is 76.5 Å². The van der Waals surface area contributed by atoms with E-state index in [0.29, 0.717) is 23.0 Å². The molecule has 0 radical (unpaired) electrons. The number of rotatable bonds is 6. The van der Waals surface area contributed by atoms with Gasteiger partial charge in [0.1, 0.15) is 6.04 Å². The average Bonchev–Trinajstić information content (AvgIpc) is 2.74. The first-order valence-electron chi connectivity index (χ1n) is 10.2. The quantitative estimate of drug-likeness (QED) is 0.650. The van der Waals surface area contributed by atoms with Gasteiger partial charge >= 0.3 is 5.97 Å². The van der Waals surface area contributed by atoms with E-state index in [1.807, 2.05) is 69.3 Å². The minimum Gasteiger partial charge on any atom is -0.463 e. The number of amidine groups is 1. The molecular weight excluding hydrogens is 410 g/mol. The number of allylic oxidation sites excluding steroid dienone is 1. The van der Waals surface area contributed by atoms with Gasteiger partial charge in [-0.05, 0) is 44.9 Å². The van der Waals surface area contributed by atoms with Crippen LogP contribution in [0.2, 0.25) is 0 Å². The lowest BCUT2D eigenvalue weighted by molar-refractivity contribution is -0.139. The summed E-state index contributed by atoms with van der Waals surface area (Å²) >= 11 is 1.30. The second-order valence-electron chi connectivity index (χ2n) is 7.29. The summed E-state index contributed by atoms with van der Waals surface area (Å²) in [4.78, 5) is 29.8. The molecule has 0 saturated carbocycles. The predicted molar refractivity (Wildman–Crippen MR) is 126 cm³/mol. The predicted octanol–water partition coefficient (Wildman–Crippen LogP) is 4.51. The number of esters is 1. The molecule has 0 spiro atoms. The van der Waals surface area contributed by atoms with E-state index in [0.717, 1.165) is 22.4 Å². The van der Waals surface area contributed by atoms with Gasteiger partial charge in [-0.15, -0.1) is 0 Å². The van der Waals surface area contributed by atoms with Crippen LogP contribution in [0.1, 0.15) is 36.6 Å². The highest BCUT2D eigenvalue weighted by molar-refractivity contribution is 8.14. The van der Waals surface area contributed by atoms with Crippen LogP contribution in [-0.4, -0.2) is 29.4 Å². The summed E-state index contributed by atoms with van der Waals surface area (Å²) in [6.45, 7) is 7.89. The van der Waals surface area contributed by atoms with Crippen molar-refractivity contribution in [3.63, 3.8) is 0 Å². The number of nitrogens with one attached hydrogen (secondary N) is 2. The van der Waals surface area contributed by atoms with Gasteiger partial charge in [0.25, 0.3) is 0 Å². The van der Waals surface area contributed by atoms with Gasteiger partial charge in [0.15, 0.2) is 5.17 Å². The summed E-state index contributed by atoms with van der Waals surface area (Å²) in [5, 5.41) is 6.69. The first-order chi connectivity index (χ1) is 14.9. The topological polar surface area (TPSA) is 79.8 Å². The SMILES string of the molecule is CCOC(=O)C1=C(C)NC(SCC(=O)Nc2ccc(C)cc2C)=N[C@@H]1c1ccccc1. The monoisotopic (exact) mass is 437 g/mol. The van der Waals surface area contributed by atoms with Crippen molar-refractivity contribution < 1.29 is 14.3 Å². The Labute approximate surface area is 187 Å². The van der Waals surface area contributed by atoms with Gasteiger partial charge < -0.3 is 15.4 Å². The normalized spacial score (nSPS) is 15.7. The summed E-state index contributed by atoms with van der Waals surface area (Å²) in [6.07, 6.45) is 0. The highest BCUT2D eigenvalue weighted by atomic mass is 32.2. The van der Waals surface area contributed by atoms with Crippen molar-refractivity contribution >= 4 is 34.5 Å². The standard InChI is InChI=1S/C24H27N3O3S/c1-5-30-23(29)21-17(4)25-24(27-22(21)18-9-7-6-8-10-18)31-14-20(28)26-19-12-11-15(2)13-16(19)3/h6-13,22H,5,14H2,1-4H3,(H,25,27)(H,26,28)/t22-/m1/s1. The van der Waals surface area contributed by atoms with E-state index in [1.54, 1.807) is 6.92 Å². The minimum absolute atomic E-state index is 0.115. The van der Waals surface area contributed by atoms with Crippen LogP contribution in [0.5, 0.6) is 0 Å². The molecule has 2 aromatic carbocycles. The molecular formula is C24H27N3O3S. The molecule has 3 rings (SSSR count). The number of hydrogen-bond acceptors (Lipinski definition) is 6. The highest BCUT2D eigenvalue weighted by Crippen LogP contribution is 2.32. The van der Waals surface area contributed by atoms with E-state index in [2.05, 4.69) is 10.6 Å². The summed E-state index contributed by atoms with van der Waals surface area (Å²) in [7, 11) is 0. The molecule has 162 valence electrons. The molecule has 1 aliphatic rings. The van der Waals surface area contributed by atoms with E-state index in [4.69, 9.17) is 9.73 Å². The third-order valence-corrected chi connectivity index (χ3v) is 5.71. The van der Waals surface area contributed by atoms with Crippen LogP contribution >= 0.6 is 11.8 Å². The first-order valence-corrected chi connectivity index (χ1v) is 11.1. The van der Waals surface area contributed by atoms with Crippen LogP contribution in [0.15, 0.2) is 64.8 Å². The Morgan fingerprint density at radius 2 is 1.87 bits per heavy atom. The Morgan fingerprint density at radius 3 is 2.55 bits per heavy atom. The van der Waals surface area contributed by atoms with Crippen molar-refractivity contribution in [2.24, 2.45) is 4.99 Å². The van der Waals surface area contributed by atoms with Gasteiger partial charge in [-0.1, -0.05) is 59.8 Å². The zero-order chi connectivity index (χ0) is 22.4. The number of aryl methyl sites for hydroxylation is 2. The van der Waals surface area contributed by atoms with Crippen LogP contribution in [0.25, 0.3) is 0 Å². The fraction of sp³-hybridized carbons (Fsp3) is 0.292. The van der Waals surface area contributed by atoms with Crippen LogP contribution in [-0.2, 0) is 14.3 Å². The molecule has 1 aliphatic heterocycles. The molecule has 6 nitrogen and oxygen atoms in total. The lowest BCUT2D eigenvalue weighted by Crippen LogP contribution is -2.31. The maximum atomic E-state index is 12.6. The maximum absolute atomic E-state index is 12.6. The number of thioether (sulfide) groups is 1. The summed E-state index contributed by atoms with van der Waals surface area (Å²) in [5.74, 6) is -0.305. The van der Waals surface area contributed by atoms with Crippen LogP contribution in [0.4, 0.5) is 5.69 Å². The largest absolute Gasteiger partial charge is 0.463 e. The Kier molecular flexibility index (Phi) is 7.52. The molecule has 2 N–H and O–H groups in total. The molecule has 31 heavy (non-hydrogen) atoms. The molecule has 0 aromatic heterocycles. The fourth-order valence-corrected chi connectivity index (χ4v) is 4.09. The van der Waals surface area contributed by atoms with Gasteiger partial charge in [0, 0.05) is 11.4 Å². The molecule has 1 heterocycles. The van der Waals surface area contributed by atoms with Gasteiger partial charge in [-0.3, -0.25) is 4.79 Å². The smallest absolute Gasteiger partial charge is 0.338 e. The van der Waals surface area contributed by atoms with E-state index in [1.165, 1.54) is 11.8 Å². The molecule has 7 heteroatoms. The molecule has 2 aromatic rings. The van der Waals surface area contributed by atoms with E-state index in [-0.39, 0.29) is 17.6 Å². The van der Waals surface area contributed by atoms with E-state index >= 15 is 0 Å². The second kappa shape index (κ2) is 10.3. The van der Waals surface area contributed by atoms with Crippen molar-refractivity contribution in [2.45, 2.75) is 33.7 Å². The zero-order valence-electron chi connectivity index (χ0n) is 18.2. The Morgan fingerprint density at radius 1 is 1.13 bits per heavy atom. The van der Waals surface area contributed by atoms with Crippen molar-refractivity contribution in [1.82, 2.24) is 5.32 Å². The number of carbonyl (C=O) groups excluding carboxylic acids is 2. The lowest BCUT2D eigenvalue weighted by Gasteiger charge is -2.25. The zero-order valence-corrected chi connectivity index (χ0v) is 19.0. The van der Waals surface area contributed by atoms with Gasteiger partial charge in [-0.25, -0.2) is 9.79 Å². The number of nitrogens with zero attached hydrogens (tertiary/aromatic N) is 1. The lowest BCUT2D eigenvalue weighted by atomic mass is 9.97. The Balaban J connectivity index is 1.74. The van der Waals surface area contributed by atoms with Gasteiger partial charge in [0.2, 0.25) is 5.91 Å². The Bertz CT molecular complexity index is 1030. The molecule has 1 amide bonds. The van der Waals surface area contributed by atoms with Crippen molar-refractivity contribution in [2.75, 3.05) is 17.7 Å². The van der Waals surface area contributed by atoms with Crippen molar-refractivity contribution in [3.8, 4) is 0 Å². The first kappa shape index (κ1) is 22.6. The third-order valence-electron chi connectivity index (χ3n) is 4.82. The molecule has 0 fully saturated rings. The Hall–Kier alpha value is -3.06. The summed E-state index contributed by atoms with van der Waals surface area (Å²) in [6, 6.07) is 15.0. The van der Waals surface area contributed by atoms with Gasteiger partial charge in [-0.2, -0.15) is 0 Å². The van der Waals surface area contributed by atoms with Gasteiger partial charge in [0.05, 0.1) is 17.9 Å². The number of aliphatic imine (C=N–C) groups is 1. The number of hydrogen-bond donors (Lipinski definition) is 2. The molecule has 0 saturated heterocycles. The molecule has 0 unspecified atom stereocenters. The number of anilines is 1. The fourth-order valence-electron chi connectivity index (χ4n) is 3.34. The van der Waals surface area contributed by atoms with Crippen LogP contribution in [0, 0.1) is 13.8 Å². The number of carbonyl (C=O) groups is 2. The molecule has 0 bridgehead atoms. The van der Waals surface area contributed by atoms with E-state index in [9.17, 15) is 9.59 Å². The number of amides is 1. The highest BCUT2D eigenvalue weighted by Gasteiger charge is 2.30. The summed E-state index contributed by atoms with van der Waals surface area (Å²) < 4.78 is 5.25. The maximum Gasteiger partial charge on any atom is 0.338 e. The molecule has 1 atom stereocenters. The second-order valence-corrected chi connectivity index (χ2v) is 8.25. The average molecular weight is 438 g/mol. The molecule has 0 aliphatic carbocycles. The van der Waals surface area contributed by atoms with Crippen LogP contribution < -0.4 is 10.6 Å². The summed E-state index contributed by atoms with van der Waals surface area (Å²) in [5.41, 5.74) is 5.03. The number of benzene rings is 2. The van der Waals surface area contributed by atoms with Crippen LogP contribution in [0.3, 0.4) is 0 Å². The van der Waals surface area contributed by atoms with Crippen molar-refractivity contribution in [1.29, 1.82) is 0 Å². The van der Waals surface area contributed by atoms with E-state index < -0.39 is 6.04 Å². The third kappa shape index (κ3) is 5.76.